The summed E-state index contributed by atoms with van der Waals surface area (Å²) in [5.74, 6) is 2.56. The SMILES string of the molecule is CCC(C(=O)N1CC(CN2CCC(Cc3ccccc3)CC2)C(c2ccccc2OC)C1)c1ccccc1. The average Bonchev–Trinajstić information content (AvgIpc) is 3.39. The predicted molar refractivity (Wildman–Crippen MR) is 155 cm³/mol. The number of amides is 1. The Morgan fingerprint density at radius 3 is 2.24 bits per heavy atom. The molecule has 2 fully saturated rings. The van der Waals surface area contributed by atoms with Crippen molar-refractivity contribution in [2.45, 2.75) is 44.4 Å². The average molecular weight is 511 g/mol. The van der Waals surface area contributed by atoms with Gasteiger partial charge in [0.25, 0.3) is 0 Å². The number of nitrogens with zero attached hydrogens (tertiary/aromatic N) is 2. The van der Waals surface area contributed by atoms with E-state index in [0.29, 0.717) is 5.92 Å². The molecule has 3 aromatic carbocycles. The molecule has 2 saturated heterocycles. The van der Waals surface area contributed by atoms with E-state index in [-0.39, 0.29) is 17.7 Å². The smallest absolute Gasteiger partial charge is 0.230 e. The van der Waals surface area contributed by atoms with E-state index in [0.717, 1.165) is 56.4 Å². The molecule has 2 aliphatic heterocycles. The molecule has 4 nitrogen and oxygen atoms in total. The molecule has 38 heavy (non-hydrogen) atoms. The third kappa shape index (κ3) is 6.13. The lowest BCUT2D eigenvalue weighted by molar-refractivity contribution is -0.132. The Bertz CT molecular complexity index is 1160. The van der Waals surface area contributed by atoms with Gasteiger partial charge in [-0.3, -0.25) is 4.79 Å². The maximum atomic E-state index is 13.8. The minimum absolute atomic E-state index is 0.0815. The first-order chi connectivity index (χ1) is 18.7. The molecule has 3 aromatic rings. The van der Waals surface area contributed by atoms with Crippen LogP contribution in [0.3, 0.4) is 0 Å². The highest BCUT2D eigenvalue weighted by molar-refractivity contribution is 5.84. The van der Waals surface area contributed by atoms with Gasteiger partial charge in [-0.15, -0.1) is 0 Å². The number of likely N-dealkylation sites (tertiary alicyclic amines) is 2. The molecule has 0 bridgehead atoms. The molecule has 2 aliphatic rings. The first-order valence-electron chi connectivity index (χ1n) is 14.4. The van der Waals surface area contributed by atoms with Crippen LogP contribution >= 0.6 is 0 Å². The molecule has 0 N–H and O–H groups in total. The van der Waals surface area contributed by atoms with Crippen molar-refractivity contribution in [2.75, 3.05) is 39.8 Å². The second-order valence-corrected chi connectivity index (χ2v) is 11.2. The van der Waals surface area contributed by atoms with E-state index in [1.165, 1.54) is 30.4 Å². The fourth-order valence-electron chi connectivity index (χ4n) is 6.67. The van der Waals surface area contributed by atoms with Crippen molar-refractivity contribution in [1.82, 2.24) is 9.80 Å². The lowest BCUT2D eigenvalue weighted by atomic mass is 9.86. The number of hydrogen-bond donors (Lipinski definition) is 0. The minimum atomic E-state index is -0.0815. The van der Waals surface area contributed by atoms with Crippen molar-refractivity contribution in [3.05, 3.63) is 102 Å². The van der Waals surface area contributed by atoms with Crippen molar-refractivity contribution in [3.63, 3.8) is 0 Å². The summed E-state index contributed by atoms with van der Waals surface area (Å²) in [6.07, 6.45) is 4.49. The monoisotopic (exact) mass is 510 g/mol. The molecule has 5 rings (SSSR count). The largest absolute Gasteiger partial charge is 0.496 e. The second kappa shape index (κ2) is 12.6. The van der Waals surface area contributed by atoms with Gasteiger partial charge in [0.15, 0.2) is 0 Å². The highest BCUT2D eigenvalue weighted by Crippen LogP contribution is 2.40. The van der Waals surface area contributed by atoms with Crippen LogP contribution in [0, 0.1) is 11.8 Å². The van der Waals surface area contributed by atoms with Gasteiger partial charge in [-0.25, -0.2) is 0 Å². The van der Waals surface area contributed by atoms with Gasteiger partial charge in [0.1, 0.15) is 5.75 Å². The molecule has 1 amide bonds. The highest BCUT2D eigenvalue weighted by Gasteiger charge is 2.40. The molecule has 2 heterocycles. The molecule has 3 atom stereocenters. The van der Waals surface area contributed by atoms with Gasteiger partial charge in [-0.2, -0.15) is 0 Å². The second-order valence-electron chi connectivity index (χ2n) is 11.2. The first-order valence-corrected chi connectivity index (χ1v) is 14.4. The number of rotatable bonds is 9. The summed E-state index contributed by atoms with van der Waals surface area (Å²) in [7, 11) is 1.76. The van der Waals surface area contributed by atoms with Crippen molar-refractivity contribution in [1.29, 1.82) is 0 Å². The Morgan fingerprint density at radius 2 is 1.55 bits per heavy atom. The zero-order chi connectivity index (χ0) is 26.3. The minimum Gasteiger partial charge on any atom is -0.496 e. The van der Waals surface area contributed by atoms with Crippen LogP contribution in [0.5, 0.6) is 5.75 Å². The third-order valence-corrected chi connectivity index (χ3v) is 8.77. The van der Waals surface area contributed by atoms with Crippen molar-refractivity contribution < 1.29 is 9.53 Å². The van der Waals surface area contributed by atoms with E-state index in [1.54, 1.807) is 7.11 Å². The summed E-state index contributed by atoms with van der Waals surface area (Å²) in [5.41, 5.74) is 3.82. The number of ether oxygens (including phenoxy) is 1. The zero-order valence-corrected chi connectivity index (χ0v) is 23.0. The first kappa shape index (κ1) is 26.5. The van der Waals surface area contributed by atoms with Crippen LogP contribution in [0.25, 0.3) is 0 Å². The number of piperidine rings is 1. The molecule has 4 heteroatoms. The fourth-order valence-corrected chi connectivity index (χ4v) is 6.67. The van der Waals surface area contributed by atoms with Crippen molar-refractivity contribution in [3.8, 4) is 5.75 Å². The van der Waals surface area contributed by atoms with Gasteiger partial charge in [-0.1, -0.05) is 85.8 Å². The van der Waals surface area contributed by atoms with Gasteiger partial charge in [0.05, 0.1) is 13.0 Å². The molecule has 0 aliphatic carbocycles. The maximum Gasteiger partial charge on any atom is 0.230 e. The Morgan fingerprint density at radius 1 is 0.895 bits per heavy atom. The zero-order valence-electron chi connectivity index (χ0n) is 23.0. The number of methoxy groups -OCH3 is 1. The van der Waals surface area contributed by atoms with Crippen LogP contribution in [0.2, 0.25) is 0 Å². The molecular formula is C34H42N2O2. The molecule has 0 spiro atoms. The number of benzene rings is 3. The van der Waals surface area contributed by atoms with Gasteiger partial charge >= 0.3 is 0 Å². The fraction of sp³-hybridized carbons (Fsp3) is 0.441. The molecule has 200 valence electrons. The topological polar surface area (TPSA) is 32.8 Å². The van der Waals surface area contributed by atoms with Crippen LogP contribution in [0.1, 0.15) is 54.7 Å². The lowest BCUT2D eigenvalue weighted by Crippen LogP contribution is -2.39. The molecule has 0 aromatic heterocycles. The van der Waals surface area contributed by atoms with Crippen LogP contribution < -0.4 is 4.74 Å². The lowest BCUT2D eigenvalue weighted by Gasteiger charge is -2.35. The predicted octanol–water partition coefficient (Wildman–Crippen LogP) is 6.39. The van der Waals surface area contributed by atoms with E-state index >= 15 is 0 Å². The van der Waals surface area contributed by atoms with E-state index in [4.69, 9.17) is 4.74 Å². The van der Waals surface area contributed by atoms with Crippen molar-refractivity contribution in [2.24, 2.45) is 11.8 Å². The molecule has 0 saturated carbocycles. The summed E-state index contributed by atoms with van der Waals surface area (Å²) in [6, 6.07) is 29.6. The molecule has 3 unspecified atom stereocenters. The van der Waals surface area contributed by atoms with E-state index < -0.39 is 0 Å². The third-order valence-electron chi connectivity index (χ3n) is 8.77. The number of carbonyl (C=O) groups excluding carboxylic acids is 1. The quantitative estimate of drug-likeness (QED) is 0.335. The molecule has 0 radical (unpaired) electrons. The Balaban J connectivity index is 1.29. The van der Waals surface area contributed by atoms with Gasteiger partial charge < -0.3 is 14.5 Å². The summed E-state index contributed by atoms with van der Waals surface area (Å²) < 4.78 is 5.78. The van der Waals surface area contributed by atoms with E-state index in [1.807, 2.05) is 24.3 Å². The van der Waals surface area contributed by atoms with Crippen LogP contribution in [-0.4, -0.2) is 55.5 Å². The van der Waals surface area contributed by atoms with Crippen LogP contribution in [0.15, 0.2) is 84.9 Å². The number of hydrogen-bond acceptors (Lipinski definition) is 3. The van der Waals surface area contributed by atoms with Crippen molar-refractivity contribution >= 4 is 5.91 Å². The van der Waals surface area contributed by atoms with Gasteiger partial charge in [0, 0.05) is 25.6 Å². The van der Waals surface area contributed by atoms with Crippen LogP contribution in [-0.2, 0) is 11.2 Å². The van der Waals surface area contributed by atoms with Crippen LogP contribution in [0.4, 0.5) is 0 Å². The van der Waals surface area contributed by atoms with Gasteiger partial charge in [-0.05, 0) is 73.4 Å². The number of para-hydroxylation sites is 1. The molecular weight excluding hydrogens is 468 g/mol. The Kier molecular flexibility index (Phi) is 8.80. The van der Waals surface area contributed by atoms with Gasteiger partial charge in [0.2, 0.25) is 5.91 Å². The summed E-state index contributed by atoms with van der Waals surface area (Å²) in [6.45, 7) is 7.02. The summed E-state index contributed by atoms with van der Waals surface area (Å²) >= 11 is 0. The van der Waals surface area contributed by atoms with E-state index in [9.17, 15) is 4.79 Å². The summed E-state index contributed by atoms with van der Waals surface area (Å²) in [4.78, 5) is 18.6. The Labute approximate surface area is 228 Å². The highest BCUT2D eigenvalue weighted by atomic mass is 16.5. The Hall–Kier alpha value is -3.11. The number of carbonyl (C=O) groups is 1. The standard InChI is InChI=1S/C34H42N2O2/c1-3-30(28-14-8-5-9-15-28)34(37)36-24-29(32(25-36)31-16-10-11-17-33(31)38-2)23-35-20-18-27(19-21-35)22-26-12-6-4-7-13-26/h4-17,27,29-30,32H,3,18-25H2,1-2H3. The summed E-state index contributed by atoms with van der Waals surface area (Å²) in [5, 5.41) is 0. The normalized spacial score (nSPS) is 21.4. The van der Waals surface area contributed by atoms with E-state index in [2.05, 4.69) is 77.4 Å². The maximum absolute atomic E-state index is 13.8.